The molecular weight excluding hydrogens is 721 g/mol. The highest BCUT2D eigenvalue weighted by Gasteiger charge is 2.88. The summed E-state index contributed by atoms with van der Waals surface area (Å²) < 4.78 is 33.6. The largest absolute Gasteiger partial charge is 0.462 e. The maximum atomic E-state index is 14.1. The molecule has 6 aliphatic rings. The van der Waals surface area contributed by atoms with Crippen molar-refractivity contribution in [1.82, 2.24) is 0 Å². The average molecular weight is 799 g/mol. The predicted octanol–water partition coefficient (Wildman–Crippen LogP) is 10.1. The standard InChI is InChI=1S/C48H78O9/c1-7-9-11-13-15-17-18-19-20-21-23-25-27-29-38(49)53-33-45-42(54-45)39-41-44(34(3)4)32-36(6)48(39,37-31-35(5)40(50)47(37,52)43(45)51)57-46(55-41,56-44)30-28-26-24-22-16-14-12-10-8-2/h31,36-37,39,41-43,51-52H,3,7-30,32-33H2,1-2,4-6H3/t36-,37-,39-,41-,42+,43-,44-,45+,46?,47-,48+/m1/s1. The molecule has 3 saturated heterocycles. The van der Waals surface area contributed by atoms with Gasteiger partial charge in [0.15, 0.2) is 17.0 Å². The highest BCUT2D eigenvalue weighted by Crippen LogP contribution is 2.73. The van der Waals surface area contributed by atoms with E-state index in [0.717, 1.165) is 44.1 Å². The quantitative estimate of drug-likeness (QED) is 0.0362. The number of ketones is 1. The molecular formula is C48H78O9. The second-order valence-electron chi connectivity index (χ2n) is 19.2. The molecule has 0 radical (unpaired) electrons. The first kappa shape index (κ1) is 44.9. The van der Waals surface area contributed by atoms with Crippen LogP contribution in [0.2, 0.25) is 0 Å². The molecule has 3 aliphatic heterocycles. The first-order valence-corrected chi connectivity index (χ1v) is 23.6. The molecule has 324 valence electrons. The molecule has 0 amide bonds. The number of aliphatic hydroxyl groups excluding tert-OH is 1. The Balaban J connectivity index is 1.10. The maximum Gasteiger partial charge on any atom is 0.305 e. The highest BCUT2D eigenvalue weighted by atomic mass is 16.9. The molecule has 5 fully saturated rings. The third-order valence-electron chi connectivity index (χ3n) is 15.0. The first-order chi connectivity index (χ1) is 27.4. The second-order valence-corrected chi connectivity index (χ2v) is 19.2. The van der Waals surface area contributed by atoms with Gasteiger partial charge in [0.1, 0.15) is 30.5 Å². The van der Waals surface area contributed by atoms with Crippen molar-refractivity contribution in [1.29, 1.82) is 0 Å². The number of carbonyl (C=O) groups is 2. The van der Waals surface area contributed by atoms with Gasteiger partial charge in [-0.1, -0.05) is 162 Å². The smallest absolute Gasteiger partial charge is 0.305 e. The summed E-state index contributed by atoms with van der Waals surface area (Å²) in [6.07, 6.45) is 26.6. The zero-order chi connectivity index (χ0) is 40.9. The lowest BCUT2D eigenvalue weighted by molar-refractivity contribution is -0.430. The molecule has 3 heterocycles. The number of epoxide rings is 1. The fraction of sp³-hybridized carbons (Fsp3) is 0.875. The van der Waals surface area contributed by atoms with Crippen molar-refractivity contribution in [2.45, 2.75) is 242 Å². The number of hydrogen-bond donors (Lipinski definition) is 2. The molecule has 2 saturated carbocycles. The number of unbranched alkanes of at least 4 members (excludes halogenated alkanes) is 20. The maximum absolute atomic E-state index is 14.1. The number of rotatable bonds is 27. The highest BCUT2D eigenvalue weighted by molar-refractivity contribution is 6.05. The van der Waals surface area contributed by atoms with Gasteiger partial charge in [0.2, 0.25) is 0 Å². The Hall–Kier alpha value is -1.62. The van der Waals surface area contributed by atoms with Gasteiger partial charge < -0.3 is 33.9 Å². The van der Waals surface area contributed by atoms with Gasteiger partial charge in [-0.15, -0.1) is 0 Å². The van der Waals surface area contributed by atoms with Crippen molar-refractivity contribution in [3.8, 4) is 0 Å². The molecule has 9 nitrogen and oxygen atoms in total. The molecule has 1 unspecified atom stereocenters. The molecule has 3 bridgehead atoms. The van der Waals surface area contributed by atoms with Crippen molar-refractivity contribution < 1.29 is 43.5 Å². The van der Waals surface area contributed by atoms with Gasteiger partial charge in [-0.05, 0) is 50.2 Å². The van der Waals surface area contributed by atoms with E-state index in [0.29, 0.717) is 18.4 Å². The Kier molecular flexibility index (Phi) is 14.9. The Morgan fingerprint density at radius 3 is 1.88 bits per heavy atom. The van der Waals surface area contributed by atoms with E-state index in [1.165, 1.54) is 103 Å². The average Bonchev–Trinajstić information content (AvgIpc) is 3.81. The van der Waals surface area contributed by atoms with Crippen LogP contribution < -0.4 is 0 Å². The zero-order valence-corrected chi connectivity index (χ0v) is 36.4. The topological polar surface area (TPSA) is 124 Å². The minimum atomic E-state index is -2.23. The van der Waals surface area contributed by atoms with E-state index in [4.69, 9.17) is 23.7 Å². The van der Waals surface area contributed by atoms with Crippen molar-refractivity contribution in [2.24, 2.45) is 17.8 Å². The first-order valence-electron chi connectivity index (χ1n) is 23.6. The normalized spacial score (nSPS) is 38.4. The molecule has 11 atom stereocenters. The number of Topliss-reactive ketones (excluding diaryl/α,β-unsaturated/α-hetero) is 1. The van der Waals surface area contributed by atoms with Crippen molar-refractivity contribution in [2.75, 3.05) is 6.61 Å². The fourth-order valence-corrected chi connectivity index (χ4v) is 11.7. The van der Waals surface area contributed by atoms with Crippen LogP contribution in [-0.4, -0.2) is 75.3 Å². The van der Waals surface area contributed by atoms with Gasteiger partial charge in [0.05, 0.1) is 5.60 Å². The summed E-state index contributed by atoms with van der Waals surface area (Å²) in [5.41, 5.74) is -4.55. The third kappa shape index (κ3) is 8.51. The molecule has 9 heteroatoms. The Labute approximate surface area is 344 Å². The minimum absolute atomic E-state index is 0.221. The van der Waals surface area contributed by atoms with Crippen LogP contribution >= 0.6 is 0 Å². The van der Waals surface area contributed by atoms with Gasteiger partial charge in [-0.2, -0.15) is 0 Å². The second kappa shape index (κ2) is 19.0. The minimum Gasteiger partial charge on any atom is -0.462 e. The van der Waals surface area contributed by atoms with Crippen LogP contribution in [0.4, 0.5) is 0 Å². The summed E-state index contributed by atoms with van der Waals surface area (Å²) >= 11 is 0. The summed E-state index contributed by atoms with van der Waals surface area (Å²) in [5.74, 6) is -3.91. The van der Waals surface area contributed by atoms with E-state index < -0.39 is 64.3 Å². The van der Waals surface area contributed by atoms with Crippen LogP contribution in [0.3, 0.4) is 0 Å². The lowest BCUT2D eigenvalue weighted by Gasteiger charge is -2.59. The molecule has 3 aliphatic carbocycles. The van der Waals surface area contributed by atoms with Crippen molar-refractivity contribution in [3.63, 3.8) is 0 Å². The van der Waals surface area contributed by atoms with Crippen LogP contribution in [-0.2, 0) is 33.3 Å². The van der Waals surface area contributed by atoms with Gasteiger partial charge in [0, 0.05) is 24.7 Å². The van der Waals surface area contributed by atoms with E-state index in [9.17, 15) is 19.8 Å². The molecule has 6 rings (SSSR count). The van der Waals surface area contributed by atoms with Crippen LogP contribution in [0.5, 0.6) is 0 Å². The Morgan fingerprint density at radius 1 is 0.807 bits per heavy atom. The molecule has 2 N–H and O–H groups in total. The van der Waals surface area contributed by atoms with Gasteiger partial charge in [-0.25, -0.2) is 0 Å². The van der Waals surface area contributed by atoms with Gasteiger partial charge in [-0.3, -0.25) is 9.59 Å². The number of ether oxygens (including phenoxy) is 5. The fourth-order valence-electron chi connectivity index (χ4n) is 11.7. The number of esters is 1. The predicted molar refractivity (Wildman–Crippen MR) is 221 cm³/mol. The van der Waals surface area contributed by atoms with E-state index in [1.807, 2.05) is 6.92 Å². The van der Waals surface area contributed by atoms with E-state index >= 15 is 0 Å². The van der Waals surface area contributed by atoms with E-state index in [-0.39, 0.29) is 24.9 Å². The Morgan fingerprint density at radius 2 is 1.33 bits per heavy atom. The van der Waals surface area contributed by atoms with E-state index in [2.05, 4.69) is 27.4 Å². The number of fused-ring (bicyclic) bond motifs is 3. The summed E-state index contributed by atoms with van der Waals surface area (Å²) in [4.78, 5) is 27.3. The summed E-state index contributed by atoms with van der Waals surface area (Å²) in [7, 11) is 0. The molecule has 0 spiro atoms. The monoisotopic (exact) mass is 799 g/mol. The van der Waals surface area contributed by atoms with Crippen molar-refractivity contribution >= 4 is 11.8 Å². The van der Waals surface area contributed by atoms with E-state index in [1.54, 1.807) is 13.0 Å². The lowest BCUT2D eigenvalue weighted by Crippen LogP contribution is -2.72. The number of carbonyl (C=O) groups excluding carboxylic acids is 2. The lowest BCUT2D eigenvalue weighted by atomic mass is 9.54. The summed E-state index contributed by atoms with van der Waals surface area (Å²) in [6.45, 7) is 14.4. The number of hydrogen-bond acceptors (Lipinski definition) is 9. The van der Waals surface area contributed by atoms with Crippen LogP contribution in [0.25, 0.3) is 0 Å². The van der Waals surface area contributed by atoms with Gasteiger partial charge in [0.25, 0.3) is 5.97 Å². The van der Waals surface area contributed by atoms with Crippen LogP contribution in [0, 0.1) is 17.8 Å². The molecule has 0 aromatic carbocycles. The third-order valence-corrected chi connectivity index (χ3v) is 15.0. The molecule has 0 aromatic heterocycles. The number of aliphatic hydroxyl groups is 2. The van der Waals surface area contributed by atoms with Crippen LogP contribution in [0.15, 0.2) is 23.8 Å². The Bertz CT molecular complexity index is 1430. The van der Waals surface area contributed by atoms with Crippen molar-refractivity contribution in [3.05, 3.63) is 23.8 Å². The SMILES string of the molecule is C=C(C)[C@]12C[C@@H](C)[C@@]34OC(CCCCCCCCCCC)(O[C@@H]1[C@@H]3[C@@H]1O[C@]1(COC(=O)CCCCCCCCCCCCCCC)[C@@H](O)[C@]1(O)C(=O)C(C)=C[C@H]14)O2. The molecule has 0 aromatic rings. The molecule has 57 heavy (non-hydrogen) atoms. The van der Waals surface area contributed by atoms with Crippen LogP contribution in [0.1, 0.15) is 195 Å². The zero-order valence-electron chi connectivity index (χ0n) is 36.4. The summed E-state index contributed by atoms with van der Waals surface area (Å²) in [6, 6.07) is 0. The van der Waals surface area contributed by atoms with Gasteiger partial charge >= 0.3 is 5.97 Å². The summed E-state index contributed by atoms with van der Waals surface area (Å²) in [5, 5.41) is 25.0.